The van der Waals surface area contributed by atoms with E-state index in [-0.39, 0.29) is 24.2 Å². The number of thiophene rings is 1. The van der Waals surface area contributed by atoms with E-state index in [1.165, 1.54) is 18.3 Å². The summed E-state index contributed by atoms with van der Waals surface area (Å²) in [6.45, 7) is 1.10. The van der Waals surface area contributed by atoms with Crippen LogP contribution in [0.4, 0.5) is 0 Å². The minimum absolute atomic E-state index is 0.103. The predicted molar refractivity (Wildman–Crippen MR) is 126 cm³/mol. The lowest BCUT2D eigenvalue weighted by Gasteiger charge is -2.19. The fourth-order valence-electron chi connectivity index (χ4n) is 3.88. The monoisotopic (exact) mass is 484 g/mol. The number of hydrogen-bond donors (Lipinski definition) is 3. The third kappa shape index (κ3) is 9.55. The van der Waals surface area contributed by atoms with Crippen molar-refractivity contribution in [3.63, 3.8) is 0 Å². The number of carbonyl (C=O) groups excluding carboxylic acids is 2. The van der Waals surface area contributed by atoms with Crippen LogP contribution in [-0.4, -0.2) is 52.0 Å². The number of unbranched alkanes of at least 4 members (excludes halogenated alkanes) is 1. The van der Waals surface area contributed by atoms with E-state index in [4.69, 9.17) is 11.6 Å². The molecule has 2 rings (SSSR count). The number of aliphatic hydroxyl groups is 3. The number of aryl methyl sites for hydroxylation is 1. The minimum Gasteiger partial charge on any atom is -0.458 e. The summed E-state index contributed by atoms with van der Waals surface area (Å²) in [5.74, 6) is -0.898. The molecule has 1 saturated carbocycles. The average Bonchev–Trinajstić information content (AvgIpc) is 3.27. The molecule has 1 fully saturated rings. The van der Waals surface area contributed by atoms with Gasteiger partial charge in [-0.3, -0.25) is 9.59 Å². The van der Waals surface area contributed by atoms with Crippen LogP contribution >= 0.6 is 22.9 Å². The lowest BCUT2D eigenvalue weighted by atomic mass is 9.89. The Morgan fingerprint density at radius 2 is 2.06 bits per heavy atom. The Morgan fingerprint density at radius 3 is 2.75 bits per heavy atom. The zero-order valence-corrected chi connectivity index (χ0v) is 19.9. The van der Waals surface area contributed by atoms with Gasteiger partial charge in [0.25, 0.3) is 0 Å². The molecule has 1 aromatic rings. The summed E-state index contributed by atoms with van der Waals surface area (Å²) in [6, 6.07) is 3.80. The second-order valence-electron chi connectivity index (χ2n) is 8.23. The number of hydrogen-bond acceptors (Lipinski definition) is 7. The van der Waals surface area contributed by atoms with Gasteiger partial charge in [0.15, 0.2) is 5.78 Å². The lowest BCUT2D eigenvalue weighted by Crippen LogP contribution is -2.20. The molecule has 178 valence electrons. The molecule has 0 bridgehead atoms. The highest BCUT2D eigenvalue weighted by atomic mass is 35.5. The summed E-state index contributed by atoms with van der Waals surface area (Å²) in [4.78, 5) is 23.4. The van der Waals surface area contributed by atoms with Gasteiger partial charge in [0.2, 0.25) is 0 Å². The predicted octanol–water partition coefficient (Wildman–Crippen LogP) is 3.86. The third-order valence-electron chi connectivity index (χ3n) is 5.62. The van der Waals surface area contributed by atoms with Gasteiger partial charge in [-0.25, -0.2) is 0 Å². The van der Waals surface area contributed by atoms with E-state index in [1.54, 1.807) is 6.08 Å². The maximum absolute atomic E-state index is 11.6. The fraction of sp³-hybridized carbons (Fsp3) is 0.583. The van der Waals surface area contributed by atoms with Crippen LogP contribution in [0.5, 0.6) is 0 Å². The van der Waals surface area contributed by atoms with Gasteiger partial charge in [-0.1, -0.05) is 35.9 Å². The Morgan fingerprint density at radius 1 is 1.28 bits per heavy atom. The summed E-state index contributed by atoms with van der Waals surface area (Å²) in [5.41, 5.74) is 0. The highest BCUT2D eigenvalue weighted by Crippen LogP contribution is 2.36. The van der Waals surface area contributed by atoms with Crippen LogP contribution in [0.2, 0.25) is 4.34 Å². The average molecular weight is 485 g/mol. The molecule has 1 aromatic heterocycles. The van der Waals surface area contributed by atoms with E-state index >= 15 is 0 Å². The molecule has 0 unspecified atom stereocenters. The number of ketones is 1. The Kier molecular flexibility index (Phi) is 11.6. The molecule has 1 aliphatic carbocycles. The molecule has 32 heavy (non-hydrogen) atoms. The number of aliphatic hydroxyl groups excluding tert-OH is 3. The molecule has 1 aliphatic rings. The van der Waals surface area contributed by atoms with Gasteiger partial charge in [-0.15, -0.1) is 11.3 Å². The van der Waals surface area contributed by atoms with Crippen LogP contribution in [0, 0.1) is 11.8 Å². The molecule has 5 atom stereocenters. The number of allylic oxidation sites excluding steroid dienone is 2. The Balaban J connectivity index is 1.74. The summed E-state index contributed by atoms with van der Waals surface area (Å²) >= 11 is 7.43. The van der Waals surface area contributed by atoms with Gasteiger partial charge in [-0.05, 0) is 50.2 Å². The molecule has 0 amide bonds. The zero-order chi connectivity index (χ0) is 23.5. The van der Waals surface area contributed by atoms with Crippen molar-refractivity contribution >= 4 is 34.7 Å². The van der Waals surface area contributed by atoms with Crippen molar-refractivity contribution in [3.05, 3.63) is 45.7 Å². The van der Waals surface area contributed by atoms with E-state index in [2.05, 4.69) is 4.74 Å². The lowest BCUT2D eigenvalue weighted by molar-refractivity contribution is -0.145. The standard InChI is InChI=1S/C24H33ClO6S/c1-16(26)31-15-18(28)6-4-2-3-5-7-20-21(23(30)14-22(20)29)12-9-17(27)8-10-19-11-13-24(25)32-19/h3,5,9,11-13,17,20-23,27,29-30H,2,4,6-8,10,14-15H2,1H3/b5-3-,12-9+/t17-,20-,21-,22+,23-/m1/s1. The summed E-state index contributed by atoms with van der Waals surface area (Å²) < 4.78 is 5.41. The van der Waals surface area contributed by atoms with Crippen LogP contribution in [0.3, 0.4) is 0 Å². The van der Waals surface area contributed by atoms with E-state index < -0.39 is 24.3 Å². The second-order valence-corrected chi connectivity index (χ2v) is 10.0. The third-order valence-corrected chi connectivity index (χ3v) is 6.92. The summed E-state index contributed by atoms with van der Waals surface area (Å²) in [6.07, 6.45) is 9.59. The molecular formula is C24H33ClO6S. The molecule has 0 spiro atoms. The van der Waals surface area contributed by atoms with Crippen molar-refractivity contribution in [2.75, 3.05) is 6.61 Å². The van der Waals surface area contributed by atoms with Gasteiger partial charge < -0.3 is 20.1 Å². The number of Topliss-reactive ketones (excluding diaryl/α,β-unsaturated/α-hetero) is 1. The van der Waals surface area contributed by atoms with Gasteiger partial charge in [0.1, 0.15) is 6.61 Å². The molecule has 6 nitrogen and oxygen atoms in total. The second kappa shape index (κ2) is 13.9. The van der Waals surface area contributed by atoms with Gasteiger partial charge in [-0.2, -0.15) is 0 Å². The maximum atomic E-state index is 11.6. The van der Waals surface area contributed by atoms with E-state index in [0.717, 1.165) is 15.6 Å². The first-order valence-corrected chi connectivity index (χ1v) is 12.2. The van der Waals surface area contributed by atoms with Crippen LogP contribution in [-0.2, 0) is 20.7 Å². The first-order valence-electron chi connectivity index (χ1n) is 11.0. The van der Waals surface area contributed by atoms with Crippen molar-refractivity contribution in [1.82, 2.24) is 0 Å². The highest BCUT2D eigenvalue weighted by Gasteiger charge is 2.39. The van der Waals surface area contributed by atoms with Crippen molar-refractivity contribution in [3.8, 4) is 0 Å². The smallest absolute Gasteiger partial charge is 0.303 e. The number of rotatable bonds is 13. The molecule has 3 N–H and O–H groups in total. The summed E-state index contributed by atoms with van der Waals surface area (Å²) in [5, 5.41) is 31.0. The Hall–Kier alpha value is -1.51. The molecule has 1 heterocycles. The highest BCUT2D eigenvalue weighted by molar-refractivity contribution is 7.16. The number of ether oxygens (including phenoxy) is 1. The number of halogens is 1. The molecular weight excluding hydrogens is 452 g/mol. The number of carbonyl (C=O) groups is 2. The zero-order valence-electron chi connectivity index (χ0n) is 18.4. The van der Waals surface area contributed by atoms with E-state index in [0.29, 0.717) is 38.5 Å². The fourth-order valence-corrected chi connectivity index (χ4v) is 4.98. The molecule has 0 radical (unpaired) electrons. The van der Waals surface area contributed by atoms with Crippen molar-refractivity contribution in [2.24, 2.45) is 11.8 Å². The van der Waals surface area contributed by atoms with Crippen molar-refractivity contribution in [2.45, 2.75) is 70.2 Å². The Bertz CT molecular complexity index is 789. The first kappa shape index (κ1) is 26.7. The molecule has 0 aliphatic heterocycles. The SMILES string of the molecule is CC(=O)OCC(=O)CCC/C=C\C[C@@H]1[C@@H](/C=C/[C@H](O)CCc2ccc(Cl)s2)[C@H](O)C[C@@H]1O. The quantitative estimate of drug-likeness (QED) is 0.223. The maximum Gasteiger partial charge on any atom is 0.303 e. The topological polar surface area (TPSA) is 104 Å². The van der Waals surface area contributed by atoms with Crippen molar-refractivity contribution < 1.29 is 29.6 Å². The van der Waals surface area contributed by atoms with Gasteiger partial charge in [0, 0.05) is 30.6 Å². The van der Waals surface area contributed by atoms with Crippen LogP contribution in [0.1, 0.15) is 50.3 Å². The summed E-state index contributed by atoms with van der Waals surface area (Å²) in [7, 11) is 0. The Labute approximate surface area is 198 Å². The molecule has 0 saturated heterocycles. The molecule has 8 heteroatoms. The normalized spacial score (nSPS) is 24.4. The largest absolute Gasteiger partial charge is 0.458 e. The first-order chi connectivity index (χ1) is 15.3. The van der Waals surface area contributed by atoms with Crippen LogP contribution in [0.25, 0.3) is 0 Å². The van der Waals surface area contributed by atoms with Crippen molar-refractivity contribution in [1.29, 1.82) is 0 Å². The van der Waals surface area contributed by atoms with E-state index in [9.17, 15) is 24.9 Å². The number of esters is 1. The van der Waals surface area contributed by atoms with Gasteiger partial charge in [0.05, 0.1) is 22.6 Å². The van der Waals surface area contributed by atoms with Crippen LogP contribution in [0.15, 0.2) is 36.4 Å². The van der Waals surface area contributed by atoms with Crippen LogP contribution < -0.4 is 0 Å². The molecule has 0 aromatic carbocycles. The van der Waals surface area contributed by atoms with E-state index in [1.807, 2.05) is 30.4 Å². The van der Waals surface area contributed by atoms with Gasteiger partial charge >= 0.3 is 5.97 Å². The minimum atomic E-state index is -0.637.